The van der Waals surface area contributed by atoms with Crippen LogP contribution in [0.15, 0.2) is 16.6 Å². The molecule has 5 heteroatoms. The minimum absolute atomic E-state index is 0.128. The first-order chi connectivity index (χ1) is 7.11. The van der Waals surface area contributed by atoms with Gasteiger partial charge in [0.05, 0.1) is 13.2 Å². The van der Waals surface area contributed by atoms with Crippen LogP contribution < -0.4 is 10.1 Å². The van der Waals surface area contributed by atoms with E-state index < -0.39 is 11.9 Å². The van der Waals surface area contributed by atoms with E-state index in [9.17, 15) is 9.50 Å². The van der Waals surface area contributed by atoms with Crippen molar-refractivity contribution in [3.63, 3.8) is 0 Å². The van der Waals surface area contributed by atoms with Crippen molar-refractivity contribution >= 4 is 15.9 Å². The zero-order valence-electron chi connectivity index (χ0n) is 8.55. The largest absolute Gasteiger partial charge is 0.494 e. The Morgan fingerprint density at radius 3 is 2.80 bits per heavy atom. The van der Waals surface area contributed by atoms with E-state index in [1.807, 2.05) is 0 Å². The van der Waals surface area contributed by atoms with E-state index in [-0.39, 0.29) is 17.9 Å². The van der Waals surface area contributed by atoms with E-state index in [4.69, 9.17) is 4.74 Å². The van der Waals surface area contributed by atoms with Gasteiger partial charge < -0.3 is 15.2 Å². The van der Waals surface area contributed by atoms with Crippen molar-refractivity contribution in [2.24, 2.45) is 0 Å². The Kier molecular flexibility index (Phi) is 4.50. The van der Waals surface area contributed by atoms with Crippen molar-refractivity contribution in [3.05, 3.63) is 28.0 Å². The number of methoxy groups -OCH3 is 1. The smallest absolute Gasteiger partial charge is 0.172 e. The van der Waals surface area contributed by atoms with Crippen molar-refractivity contribution < 1.29 is 14.2 Å². The van der Waals surface area contributed by atoms with Crippen LogP contribution in [0.2, 0.25) is 0 Å². The average molecular weight is 278 g/mol. The van der Waals surface area contributed by atoms with Crippen LogP contribution in [-0.2, 0) is 0 Å². The van der Waals surface area contributed by atoms with Gasteiger partial charge in [0.25, 0.3) is 0 Å². The fourth-order valence-electron chi connectivity index (χ4n) is 1.31. The van der Waals surface area contributed by atoms with E-state index >= 15 is 0 Å². The molecule has 1 aromatic carbocycles. The molecule has 0 saturated carbocycles. The minimum atomic E-state index is -0.903. The Bertz CT molecular complexity index is 346. The minimum Gasteiger partial charge on any atom is -0.494 e. The summed E-state index contributed by atoms with van der Waals surface area (Å²) >= 11 is 3.20. The molecule has 0 aromatic heterocycles. The van der Waals surface area contributed by atoms with Gasteiger partial charge in [0.2, 0.25) is 0 Å². The van der Waals surface area contributed by atoms with Crippen LogP contribution in [0.5, 0.6) is 5.75 Å². The summed E-state index contributed by atoms with van der Waals surface area (Å²) < 4.78 is 19.1. The number of aliphatic hydroxyl groups excluding tert-OH is 1. The molecule has 1 aromatic rings. The van der Waals surface area contributed by atoms with Crippen LogP contribution in [0.4, 0.5) is 4.39 Å². The molecule has 0 aliphatic carbocycles. The van der Waals surface area contributed by atoms with Crippen molar-refractivity contribution in [2.75, 3.05) is 20.7 Å². The quantitative estimate of drug-likeness (QED) is 0.883. The molecule has 0 aliphatic rings. The SMILES string of the molecule is CNCC(O)c1c(Br)ccc(OC)c1F. The molecule has 0 spiro atoms. The molecule has 1 rings (SSSR count). The molecule has 0 saturated heterocycles. The lowest BCUT2D eigenvalue weighted by molar-refractivity contribution is 0.171. The summed E-state index contributed by atoms with van der Waals surface area (Å²) in [5.74, 6) is -0.405. The fraction of sp³-hybridized carbons (Fsp3) is 0.400. The van der Waals surface area contributed by atoms with Gasteiger partial charge in [-0.2, -0.15) is 0 Å². The maximum absolute atomic E-state index is 13.8. The molecule has 0 fully saturated rings. The van der Waals surface area contributed by atoms with Crippen molar-refractivity contribution in [3.8, 4) is 5.75 Å². The van der Waals surface area contributed by atoms with Gasteiger partial charge in [0.1, 0.15) is 0 Å². The van der Waals surface area contributed by atoms with Gasteiger partial charge in [-0.15, -0.1) is 0 Å². The zero-order valence-corrected chi connectivity index (χ0v) is 10.1. The zero-order chi connectivity index (χ0) is 11.4. The molecule has 0 bridgehead atoms. The molecule has 0 radical (unpaired) electrons. The highest BCUT2D eigenvalue weighted by Crippen LogP contribution is 2.31. The Morgan fingerprint density at radius 1 is 1.60 bits per heavy atom. The second kappa shape index (κ2) is 5.44. The van der Waals surface area contributed by atoms with Crippen molar-refractivity contribution in [1.29, 1.82) is 0 Å². The van der Waals surface area contributed by atoms with Gasteiger partial charge in [-0.1, -0.05) is 15.9 Å². The van der Waals surface area contributed by atoms with Crippen LogP contribution in [0.25, 0.3) is 0 Å². The van der Waals surface area contributed by atoms with Crippen LogP contribution in [0.3, 0.4) is 0 Å². The first-order valence-electron chi connectivity index (χ1n) is 4.46. The number of benzene rings is 1. The summed E-state index contributed by atoms with van der Waals surface area (Å²) in [5, 5.41) is 12.5. The van der Waals surface area contributed by atoms with Crippen LogP contribution in [0, 0.1) is 5.82 Å². The summed E-state index contributed by atoms with van der Waals surface area (Å²) in [7, 11) is 3.08. The number of likely N-dealkylation sites (N-methyl/N-ethyl adjacent to an activating group) is 1. The summed E-state index contributed by atoms with van der Waals surface area (Å²) in [6.45, 7) is 0.280. The maximum Gasteiger partial charge on any atom is 0.172 e. The highest BCUT2D eigenvalue weighted by atomic mass is 79.9. The van der Waals surface area contributed by atoms with Crippen molar-refractivity contribution in [1.82, 2.24) is 5.32 Å². The number of hydrogen-bond acceptors (Lipinski definition) is 3. The summed E-state index contributed by atoms with van der Waals surface area (Å²) in [6.07, 6.45) is -0.903. The van der Waals surface area contributed by atoms with E-state index in [0.717, 1.165) is 0 Å². The van der Waals surface area contributed by atoms with Crippen molar-refractivity contribution in [2.45, 2.75) is 6.10 Å². The molecule has 1 unspecified atom stereocenters. The second-order valence-electron chi connectivity index (χ2n) is 3.05. The van der Waals surface area contributed by atoms with Gasteiger partial charge in [-0.3, -0.25) is 0 Å². The predicted molar refractivity (Wildman–Crippen MR) is 59.5 cm³/mol. The third kappa shape index (κ3) is 2.68. The van der Waals surface area contributed by atoms with E-state index in [1.54, 1.807) is 13.1 Å². The molecule has 15 heavy (non-hydrogen) atoms. The fourth-order valence-corrected chi connectivity index (χ4v) is 1.88. The van der Waals surface area contributed by atoms with Gasteiger partial charge in [0.15, 0.2) is 11.6 Å². The van der Waals surface area contributed by atoms with Crippen LogP contribution >= 0.6 is 15.9 Å². The van der Waals surface area contributed by atoms with E-state index in [1.165, 1.54) is 13.2 Å². The van der Waals surface area contributed by atoms with Gasteiger partial charge >= 0.3 is 0 Å². The molecule has 0 heterocycles. The third-order valence-electron chi connectivity index (χ3n) is 2.04. The number of rotatable bonds is 4. The molecule has 3 nitrogen and oxygen atoms in total. The first-order valence-corrected chi connectivity index (χ1v) is 5.25. The summed E-state index contributed by atoms with van der Waals surface area (Å²) in [6, 6.07) is 3.16. The first kappa shape index (κ1) is 12.4. The lowest BCUT2D eigenvalue weighted by Gasteiger charge is -2.15. The third-order valence-corrected chi connectivity index (χ3v) is 2.73. The monoisotopic (exact) mass is 277 g/mol. The molecular weight excluding hydrogens is 265 g/mol. The molecular formula is C10H13BrFNO2. The second-order valence-corrected chi connectivity index (χ2v) is 3.91. The Morgan fingerprint density at radius 2 is 2.27 bits per heavy atom. The number of halogens is 2. The molecule has 0 aliphatic heterocycles. The number of hydrogen-bond donors (Lipinski definition) is 2. The van der Waals surface area contributed by atoms with Crippen LogP contribution in [0.1, 0.15) is 11.7 Å². The number of nitrogens with one attached hydrogen (secondary N) is 1. The number of ether oxygens (including phenoxy) is 1. The van der Waals surface area contributed by atoms with E-state index in [2.05, 4.69) is 21.2 Å². The van der Waals surface area contributed by atoms with Gasteiger partial charge in [-0.25, -0.2) is 4.39 Å². The molecule has 0 amide bonds. The lowest BCUT2D eigenvalue weighted by Crippen LogP contribution is -2.18. The standard InChI is InChI=1S/C10H13BrFNO2/c1-13-5-7(14)9-6(11)3-4-8(15-2)10(9)12/h3-4,7,13-14H,5H2,1-2H3. The highest BCUT2D eigenvalue weighted by Gasteiger charge is 2.19. The van der Waals surface area contributed by atoms with E-state index in [0.29, 0.717) is 4.47 Å². The van der Waals surface area contributed by atoms with Gasteiger partial charge in [0, 0.05) is 16.6 Å². The van der Waals surface area contributed by atoms with Crippen LogP contribution in [-0.4, -0.2) is 25.8 Å². The predicted octanol–water partition coefficient (Wildman–Crippen LogP) is 1.85. The Hall–Kier alpha value is -0.650. The van der Waals surface area contributed by atoms with Gasteiger partial charge in [-0.05, 0) is 19.2 Å². The molecule has 1 atom stereocenters. The lowest BCUT2D eigenvalue weighted by atomic mass is 10.1. The number of aliphatic hydroxyl groups is 1. The summed E-state index contributed by atoms with van der Waals surface area (Å²) in [4.78, 5) is 0. The average Bonchev–Trinajstić information content (AvgIpc) is 2.18. The molecule has 2 N–H and O–H groups in total. The summed E-state index contributed by atoms with van der Waals surface area (Å²) in [5.41, 5.74) is 0.212. The Balaban J connectivity index is 3.14. The topological polar surface area (TPSA) is 41.5 Å². The highest BCUT2D eigenvalue weighted by molar-refractivity contribution is 9.10. The Labute approximate surface area is 96.4 Å². The molecule has 84 valence electrons. The normalized spacial score (nSPS) is 12.6. The maximum atomic E-state index is 13.8.